The van der Waals surface area contributed by atoms with Crippen molar-refractivity contribution in [3.05, 3.63) is 12.7 Å². The Hall–Kier alpha value is -1.77. The number of nitrogens with two attached hydrogens (primary N) is 1. The predicted molar refractivity (Wildman–Crippen MR) is 58.8 cm³/mol. The van der Waals surface area contributed by atoms with E-state index in [2.05, 4.69) is 15.0 Å². The molecule has 1 atom stereocenters. The van der Waals surface area contributed by atoms with Crippen molar-refractivity contribution < 1.29 is 14.9 Å². The molecule has 0 aliphatic carbocycles. The lowest BCUT2D eigenvalue weighted by molar-refractivity contribution is -0.0163. The summed E-state index contributed by atoms with van der Waals surface area (Å²) in [5, 5.41) is 17.7. The van der Waals surface area contributed by atoms with E-state index in [1.807, 2.05) is 0 Å². The van der Waals surface area contributed by atoms with Gasteiger partial charge in [-0.1, -0.05) is 0 Å². The summed E-state index contributed by atoms with van der Waals surface area (Å²) in [6.45, 7) is -0.124. The predicted octanol–water partition coefficient (Wildman–Crippen LogP) is -1.26. The van der Waals surface area contributed by atoms with E-state index >= 15 is 0 Å². The number of rotatable bonds is 5. The Kier molecular flexibility index (Phi) is 3.47. The van der Waals surface area contributed by atoms with Gasteiger partial charge in [-0.3, -0.25) is 4.57 Å². The van der Waals surface area contributed by atoms with Crippen molar-refractivity contribution in [1.82, 2.24) is 19.5 Å². The highest BCUT2D eigenvalue weighted by Crippen LogP contribution is 2.13. The molecule has 17 heavy (non-hydrogen) atoms. The molecule has 0 saturated carbocycles. The number of aromatic nitrogens is 4. The molecule has 2 aromatic heterocycles. The fourth-order valence-electron chi connectivity index (χ4n) is 1.33. The highest BCUT2D eigenvalue weighted by atomic mass is 16.5. The van der Waals surface area contributed by atoms with E-state index in [9.17, 15) is 0 Å². The van der Waals surface area contributed by atoms with Gasteiger partial charge in [-0.25, -0.2) is 15.0 Å². The van der Waals surface area contributed by atoms with Gasteiger partial charge in [0, 0.05) is 0 Å². The van der Waals surface area contributed by atoms with Crippen LogP contribution < -0.4 is 5.73 Å². The van der Waals surface area contributed by atoms with Crippen LogP contribution in [0.4, 0.5) is 5.82 Å². The zero-order valence-electron chi connectivity index (χ0n) is 9.02. The van der Waals surface area contributed by atoms with E-state index < -0.39 is 6.10 Å². The molecule has 92 valence electrons. The summed E-state index contributed by atoms with van der Waals surface area (Å²) in [5.74, 6) is 0.309. The first-order valence-corrected chi connectivity index (χ1v) is 5.00. The molecule has 0 aromatic carbocycles. The highest BCUT2D eigenvalue weighted by molar-refractivity contribution is 5.80. The summed E-state index contributed by atoms with van der Waals surface area (Å²) in [6.07, 6.45) is 1.99. The van der Waals surface area contributed by atoms with Gasteiger partial charge in [0.05, 0.1) is 19.5 Å². The molecule has 0 saturated heterocycles. The third-order valence-electron chi connectivity index (χ3n) is 2.18. The van der Waals surface area contributed by atoms with Gasteiger partial charge in [0.15, 0.2) is 11.5 Å². The van der Waals surface area contributed by atoms with Crippen LogP contribution in [0.2, 0.25) is 0 Å². The number of imidazole rings is 1. The number of anilines is 1. The number of aliphatic hydroxyl groups is 2. The van der Waals surface area contributed by atoms with Crippen molar-refractivity contribution in [1.29, 1.82) is 0 Å². The van der Waals surface area contributed by atoms with Crippen molar-refractivity contribution >= 4 is 17.0 Å². The van der Waals surface area contributed by atoms with Crippen molar-refractivity contribution in [2.24, 2.45) is 0 Å². The van der Waals surface area contributed by atoms with Gasteiger partial charge in [-0.05, 0) is 0 Å². The van der Waals surface area contributed by atoms with E-state index in [-0.39, 0.29) is 19.9 Å². The van der Waals surface area contributed by atoms with E-state index in [0.29, 0.717) is 17.0 Å². The van der Waals surface area contributed by atoms with Crippen LogP contribution in [-0.2, 0) is 11.5 Å². The van der Waals surface area contributed by atoms with Crippen LogP contribution in [0.5, 0.6) is 0 Å². The van der Waals surface area contributed by atoms with Crippen molar-refractivity contribution in [3.8, 4) is 0 Å². The summed E-state index contributed by atoms with van der Waals surface area (Å²) in [6, 6.07) is 0. The molecule has 2 aromatic rings. The molecule has 0 fully saturated rings. The lowest BCUT2D eigenvalue weighted by Gasteiger charge is -2.08. The number of aliphatic hydroxyl groups excluding tert-OH is 2. The van der Waals surface area contributed by atoms with Gasteiger partial charge in [-0.2, -0.15) is 0 Å². The topological polar surface area (TPSA) is 119 Å². The first kappa shape index (κ1) is 11.7. The summed E-state index contributed by atoms with van der Waals surface area (Å²) < 4.78 is 6.83. The molecular weight excluding hydrogens is 226 g/mol. The molecule has 8 heteroatoms. The van der Waals surface area contributed by atoms with Gasteiger partial charge in [0.2, 0.25) is 0 Å². The number of hydrogen-bond acceptors (Lipinski definition) is 7. The smallest absolute Gasteiger partial charge is 0.167 e. The van der Waals surface area contributed by atoms with Gasteiger partial charge < -0.3 is 20.7 Å². The van der Waals surface area contributed by atoms with Crippen LogP contribution in [0.25, 0.3) is 11.2 Å². The van der Waals surface area contributed by atoms with Gasteiger partial charge in [-0.15, -0.1) is 0 Å². The Labute approximate surface area is 96.7 Å². The van der Waals surface area contributed by atoms with Crippen molar-refractivity contribution in [2.45, 2.75) is 12.8 Å². The van der Waals surface area contributed by atoms with Crippen LogP contribution in [0.3, 0.4) is 0 Å². The largest absolute Gasteiger partial charge is 0.394 e. The Balaban J connectivity index is 2.07. The average molecular weight is 239 g/mol. The molecule has 1 unspecified atom stereocenters. The Morgan fingerprint density at radius 3 is 3.00 bits per heavy atom. The Morgan fingerprint density at radius 2 is 2.24 bits per heavy atom. The van der Waals surface area contributed by atoms with Crippen LogP contribution in [-0.4, -0.2) is 49.0 Å². The van der Waals surface area contributed by atoms with Gasteiger partial charge in [0.1, 0.15) is 24.7 Å². The third-order valence-corrected chi connectivity index (χ3v) is 2.18. The lowest BCUT2D eigenvalue weighted by Crippen LogP contribution is -2.20. The average Bonchev–Trinajstić information content (AvgIpc) is 2.74. The first-order valence-electron chi connectivity index (χ1n) is 5.00. The van der Waals surface area contributed by atoms with E-state index in [1.165, 1.54) is 12.7 Å². The fraction of sp³-hybridized carbons (Fsp3) is 0.444. The summed E-state index contributed by atoms with van der Waals surface area (Å²) in [7, 11) is 0. The quantitative estimate of drug-likeness (QED) is 0.595. The standard InChI is InChI=1S/C9H13N5O3/c10-8-7-9(12-3-11-8)14(4-13-7)5-17-2-6(16)1-15/h3-4,6,15-16H,1-2,5H2,(H2,10,11,12). The van der Waals surface area contributed by atoms with Crippen LogP contribution in [0.15, 0.2) is 12.7 Å². The summed E-state index contributed by atoms with van der Waals surface area (Å²) >= 11 is 0. The first-order chi connectivity index (χ1) is 8.22. The third kappa shape index (κ3) is 2.49. The summed E-state index contributed by atoms with van der Waals surface area (Å²) in [5.41, 5.74) is 6.71. The number of nitrogens with zero attached hydrogens (tertiary/aromatic N) is 4. The van der Waals surface area contributed by atoms with E-state index in [4.69, 9.17) is 20.7 Å². The highest BCUT2D eigenvalue weighted by Gasteiger charge is 2.08. The second-order valence-electron chi connectivity index (χ2n) is 3.48. The minimum Gasteiger partial charge on any atom is -0.394 e. The summed E-state index contributed by atoms with van der Waals surface area (Å²) in [4.78, 5) is 11.9. The zero-order chi connectivity index (χ0) is 12.3. The van der Waals surface area contributed by atoms with E-state index in [0.717, 1.165) is 0 Å². The van der Waals surface area contributed by atoms with Gasteiger partial charge in [0.25, 0.3) is 0 Å². The van der Waals surface area contributed by atoms with Crippen LogP contribution in [0.1, 0.15) is 0 Å². The monoisotopic (exact) mass is 239 g/mol. The molecule has 8 nitrogen and oxygen atoms in total. The van der Waals surface area contributed by atoms with Crippen LogP contribution >= 0.6 is 0 Å². The molecule has 2 heterocycles. The maximum atomic E-state index is 9.10. The van der Waals surface area contributed by atoms with Crippen molar-refractivity contribution in [3.63, 3.8) is 0 Å². The Morgan fingerprint density at radius 1 is 1.41 bits per heavy atom. The Bertz CT molecular complexity index is 500. The molecule has 0 aliphatic heterocycles. The van der Waals surface area contributed by atoms with Gasteiger partial charge >= 0.3 is 0 Å². The van der Waals surface area contributed by atoms with E-state index in [1.54, 1.807) is 4.57 Å². The minimum atomic E-state index is -0.885. The molecule has 0 spiro atoms. The van der Waals surface area contributed by atoms with Crippen LogP contribution in [0, 0.1) is 0 Å². The fourth-order valence-corrected chi connectivity index (χ4v) is 1.33. The normalized spacial score (nSPS) is 13.1. The maximum Gasteiger partial charge on any atom is 0.167 e. The molecule has 0 amide bonds. The molecule has 2 rings (SSSR count). The SMILES string of the molecule is Nc1ncnc2c1ncn2COCC(O)CO. The lowest BCUT2D eigenvalue weighted by atomic mass is 10.4. The number of hydrogen-bond donors (Lipinski definition) is 3. The number of nitrogen functional groups attached to an aromatic ring is 1. The maximum absolute atomic E-state index is 9.10. The molecular formula is C9H13N5O3. The second-order valence-corrected chi connectivity index (χ2v) is 3.48. The zero-order valence-corrected chi connectivity index (χ0v) is 9.02. The molecule has 4 N–H and O–H groups in total. The second kappa shape index (κ2) is 5.04. The number of fused-ring (bicyclic) bond motifs is 1. The number of ether oxygens (including phenoxy) is 1. The van der Waals surface area contributed by atoms with Crippen molar-refractivity contribution in [2.75, 3.05) is 18.9 Å². The molecule has 0 bridgehead atoms. The molecule has 0 aliphatic rings. The molecule has 0 radical (unpaired) electrons. The minimum absolute atomic E-state index is 0.0384.